The first-order chi connectivity index (χ1) is 9.66. The fraction of sp³-hybridized carbons (Fsp3) is 0.500. The van der Waals surface area contributed by atoms with Gasteiger partial charge in [-0.2, -0.15) is 13.2 Å². The second-order valence-electron chi connectivity index (χ2n) is 4.93. The summed E-state index contributed by atoms with van der Waals surface area (Å²) in [4.78, 5) is 7.74. The van der Waals surface area contributed by atoms with Crippen molar-refractivity contribution in [1.82, 2.24) is 9.80 Å². The Hall–Kier alpha value is -1.92. The number of methoxy groups -OCH3 is 1. The predicted molar refractivity (Wildman–Crippen MR) is 76.5 cm³/mol. The van der Waals surface area contributed by atoms with Crippen LogP contribution in [-0.4, -0.2) is 51.1 Å². The Labute approximate surface area is 122 Å². The first-order valence-corrected chi connectivity index (χ1v) is 6.30. The van der Waals surface area contributed by atoms with Crippen molar-refractivity contribution in [3.05, 3.63) is 29.3 Å². The summed E-state index contributed by atoms with van der Waals surface area (Å²) in [5.74, 6) is 0.773. The van der Waals surface area contributed by atoms with Crippen LogP contribution < -0.4 is 4.74 Å². The topological polar surface area (TPSA) is 28.1 Å². The summed E-state index contributed by atoms with van der Waals surface area (Å²) in [7, 11) is 8.49. The van der Waals surface area contributed by atoms with E-state index in [4.69, 9.17) is 4.74 Å². The number of alkyl halides is 3. The number of ether oxygens (including phenoxy) is 1. The minimum absolute atomic E-state index is 0.0511. The first-order valence-electron chi connectivity index (χ1n) is 6.30. The van der Waals surface area contributed by atoms with E-state index in [1.165, 1.54) is 19.2 Å². The van der Waals surface area contributed by atoms with Crippen molar-refractivity contribution in [2.45, 2.75) is 12.7 Å². The van der Waals surface area contributed by atoms with Gasteiger partial charge < -0.3 is 14.5 Å². The Morgan fingerprint density at radius 1 is 1.14 bits per heavy atom. The van der Waals surface area contributed by atoms with E-state index in [0.717, 1.165) is 6.07 Å². The molecule has 0 saturated carbocycles. The minimum Gasteiger partial charge on any atom is -0.497 e. The number of benzene rings is 1. The molecule has 0 aliphatic carbocycles. The molecule has 0 aromatic heterocycles. The molecule has 4 nitrogen and oxygen atoms in total. The molecule has 0 aliphatic heterocycles. The number of hydrogen-bond acceptors (Lipinski definition) is 2. The van der Waals surface area contributed by atoms with Crippen molar-refractivity contribution in [2.75, 3.05) is 35.3 Å². The van der Waals surface area contributed by atoms with Gasteiger partial charge in [0.2, 0.25) is 0 Å². The molecule has 118 valence electrons. The van der Waals surface area contributed by atoms with Crippen LogP contribution in [-0.2, 0) is 12.7 Å². The molecule has 0 saturated heterocycles. The fourth-order valence-electron chi connectivity index (χ4n) is 1.92. The average molecular weight is 303 g/mol. The lowest BCUT2D eigenvalue weighted by Gasteiger charge is -2.23. The molecule has 0 atom stereocenters. The third kappa shape index (κ3) is 4.54. The lowest BCUT2D eigenvalue weighted by atomic mass is 10.1. The molecule has 0 amide bonds. The maximum atomic E-state index is 13.1. The smallest absolute Gasteiger partial charge is 0.416 e. The predicted octanol–water partition coefficient (Wildman–Crippen LogP) is 2.69. The highest BCUT2D eigenvalue weighted by atomic mass is 19.4. The molecule has 0 fully saturated rings. The minimum atomic E-state index is -4.43. The molecule has 0 N–H and O–H groups in total. The maximum Gasteiger partial charge on any atom is 0.416 e. The second kappa shape index (κ2) is 6.69. The van der Waals surface area contributed by atoms with Gasteiger partial charge in [0.05, 0.1) is 19.2 Å². The van der Waals surface area contributed by atoms with E-state index in [9.17, 15) is 13.2 Å². The van der Waals surface area contributed by atoms with Crippen molar-refractivity contribution in [1.29, 1.82) is 0 Å². The third-order valence-electron chi connectivity index (χ3n) is 2.81. The van der Waals surface area contributed by atoms with Crippen LogP contribution in [0.2, 0.25) is 0 Å². The zero-order chi connectivity index (χ0) is 16.2. The molecule has 0 heterocycles. The Bertz CT molecular complexity index is 501. The maximum absolute atomic E-state index is 13.1. The van der Waals surface area contributed by atoms with Gasteiger partial charge in [-0.1, -0.05) is 6.07 Å². The normalized spacial score (nSPS) is 11.0. The fourth-order valence-corrected chi connectivity index (χ4v) is 1.92. The van der Waals surface area contributed by atoms with Crippen molar-refractivity contribution in [3.63, 3.8) is 0 Å². The molecule has 1 aromatic rings. The largest absolute Gasteiger partial charge is 0.497 e. The van der Waals surface area contributed by atoms with Gasteiger partial charge in [-0.25, -0.2) is 4.99 Å². The summed E-state index contributed by atoms with van der Waals surface area (Å²) >= 11 is 0. The molecule has 0 aliphatic rings. The molecular weight excluding hydrogens is 283 g/mol. The van der Waals surface area contributed by atoms with Crippen LogP contribution >= 0.6 is 0 Å². The standard InChI is InChI=1S/C14H20F3N3O/c1-19(2)13(20(3)4)18-9-10-6-7-11(21-5)8-12(10)14(15,16)17/h6-8H,9H2,1-5H3. The zero-order valence-electron chi connectivity index (χ0n) is 12.8. The molecule has 1 rings (SSSR count). The van der Waals surface area contributed by atoms with Gasteiger partial charge in [-0.15, -0.1) is 0 Å². The monoisotopic (exact) mass is 303 g/mol. The quantitative estimate of drug-likeness (QED) is 0.635. The molecule has 0 unspecified atom stereocenters. The van der Waals surface area contributed by atoms with E-state index >= 15 is 0 Å². The third-order valence-corrected chi connectivity index (χ3v) is 2.81. The Balaban J connectivity index is 3.16. The lowest BCUT2D eigenvalue weighted by Crippen LogP contribution is -2.35. The Morgan fingerprint density at radius 2 is 1.71 bits per heavy atom. The zero-order valence-corrected chi connectivity index (χ0v) is 12.8. The summed E-state index contributed by atoms with van der Waals surface area (Å²) in [6.45, 7) is -0.0511. The van der Waals surface area contributed by atoms with Crippen LogP contribution in [0.15, 0.2) is 23.2 Å². The molecule has 1 aromatic carbocycles. The molecular formula is C14H20F3N3O. The van der Waals surface area contributed by atoms with Crippen LogP contribution in [0.1, 0.15) is 11.1 Å². The highest BCUT2D eigenvalue weighted by Crippen LogP contribution is 2.34. The van der Waals surface area contributed by atoms with Gasteiger partial charge in [0.25, 0.3) is 0 Å². The molecule has 21 heavy (non-hydrogen) atoms. The number of hydrogen-bond donors (Lipinski definition) is 0. The number of guanidine groups is 1. The highest BCUT2D eigenvalue weighted by molar-refractivity contribution is 5.79. The van der Waals surface area contributed by atoms with E-state index in [1.54, 1.807) is 38.0 Å². The van der Waals surface area contributed by atoms with Gasteiger partial charge in [0.15, 0.2) is 5.96 Å². The van der Waals surface area contributed by atoms with Crippen molar-refractivity contribution >= 4 is 5.96 Å². The summed E-state index contributed by atoms with van der Waals surface area (Å²) < 4.78 is 44.1. The van der Waals surface area contributed by atoms with Gasteiger partial charge in [-0.05, 0) is 17.7 Å². The van der Waals surface area contributed by atoms with E-state index < -0.39 is 11.7 Å². The number of nitrogens with zero attached hydrogens (tertiary/aromatic N) is 3. The van der Waals surface area contributed by atoms with Gasteiger partial charge in [-0.3, -0.25) is 0 Å². The van der Waals surface area contributed by atoms with Crippen LogP contribution in [0.25, 0.3) is 0 Å². The summed E-state index contributed by atoms with van der Waals surface area (Å²) in [6, 6.07) is 3.90. The average Bonchev–Trinajstić information content (AvgIpc) is 2.37. The van der Waals surface area contributed by atoms with Crippen molar-refractivity contribution in [2.24, 2.45) is 4.99 Å². The van der Waals surface area contributed by atoms with E-state index in [0.29, 0.717) is 5.96 Å². The van der Waals surface area contributed by atoms with E-state index in [2.05, 4.69) is 4.99 Å². The summed E-state index contributed by atoms with van der Waals surface area (Å²) in [5, 5.41) is 0. The van der Waals surface area contributed by atoms with Crippen LogP contribution in [0.4, 0.5) is 13.2 Å². The van der Waals surface area contributed by atoms with Crippen molar-refractivity contribution in [3.8, 4) is 5.75 Å². The SMILES string of the molecule is COc1ccc(CN=C(N(C)C)N(C)C)c(C(F)(F)F)c1. The van der Waals surface area contributed by atoms with E-state index in [1.807, 2.05) is 0 Å². The lowest BCUT2D eigenvalue weighted by molar-refractivity contribution is -0.138. The highest BCUT2D eigenvalue weighted by Gasteiger charge is 2.33. The molecule has 0 spiro atoms. The van der Waals surface area contributed by atoms with Crippen LogP contribution in [0.3, 0.4) is 0 Å². The first kappa shape index (κ1) is 17.1. The van der Waals surface area contributed by atoms with Crippen molar-refractivity contribution < 1.29 is 17.9 Å². The number of halogens is 3. The molecule has 0 radical (unpaired) electrons. The number of rotatable bonds is 3. The molecule has 0 bridgehead atoms. The van der Waals surface area contributed by atoms with E-state index in [-0.39, 0.29) is 17.9 Å². The summed E-state index contributed by atoms with van der Waals surface area (Å²) in [6.07, 6.45) is -4.43. The second-order valence-corrected chi connectivity index (χ2v) is 4.93. The summed E-state index contributed by atoms with van der Waals surface area (Å²) in [5.41, 5.74) is -0.605. The molecule has 7 heteroatoms. The number of aliphatic imine (C=N–C) groups is 1. The Kier molecular flexibility index (Phi) is 5.46. The van der Waals surface area contributed by atoms with Gasteiger partial charge >= 0.3 is 6.18 Å². The van der Waals surface area contributed by atoms with Gasteiger partial charge in [0, 0.05) is 28.2 Å². The van der Waals surface area contributed by atoms with Crippen LogP contribution in [0.5, 0.6) is 5.75 Å². The van der Waals surface area contributed by atoms with Crippen LogP contribution in [0, 0.1) is 0 Å². The van der Waals surface area contributed by atoms with Gasteiger partial charge in [0.1, 0.15) is 5.75 Å². The Morgan fingerprint density at radius 3 is 2.14 bits per heavy atom.